The minimum Gasteiger partial charge on any atom is -0.488 e. The molecule has 6 rings (SSSR count). The molecule has 1 aromatic heterocycles. The number of nitrogens with zero attached hydrogens (tertiary/aromatic N) is 2. The highest BCUT2D eigenvalue weighted by molar-refractivity contribution is 7.90. The quantitative estimate of drug-likeness (QED) is 0.229. The minimum atomic E-state index is -4.31. The average molecular weight is 679 g/mol. The Kier molecular flexibility index (Phi) is 9.31. The molecule has 0 saturated carbocycles. The fourth-order valence-electron chi connectivity index (χ4n) is 6.06. The van der Waals surface area contributed by atoms with Crippen molar-refractivity contribution in [2.75, 3.05) is 19.8 Å². The number of fused-ring (bicyclic) bond motifs is 1. The number of carbonyl (C=O) groups is 1. The van der Waals surface area contributed by atoms with Gasteiger partial charge < -0.3 is 28.8 Å². The summed E-state index contributed by atoms with van der Waals surface area (Å²) in [6.45, 7) is 9.75. The third kappa shape index (κ3) is 6.81. The van der Waals surface area contributed by atoms with Crippen molar-refractivity contribution in [2.24, 2.45) is 0 Å². The monoisotopic (exact) mass is 678 g/mol. The van der Waals surface area contributed by atoms with E-state index >= 15 is 0 Å². The van der Waals surface area contributed by atoms with E-state index in [4.69, 9.17) is 23.7 Å². The van der Waals surface area contributed by atoms with Crippen molar-refractivity contribution in [1.29, 1.82) is 0 Å². The molecule has 4 aromatic rings. The summed E-state index contributed by atoms with van der Waals surface area (Å²) >= 11 is 0. The zero-order chi connectivity index (χ0) is 34.3. The molecule has 0 unspecified atom stereocenters. The Bertz CT molecular complexity index is 1860. The van der Waals surface area contributed by atoms with E-state index in [1.165, 1.54) is 17.0 Å². The molecule has 48 heavy (non-hydrogen) atoms. The summed E-state index contributed by atoms with van der Waals surface area (Å²) in [6, 6.07) is 21.7. The van der Waals surface area contributed by atoms with Crippen molar-refractivity contribution < 1.29 is 42.0 Å². The SMILES string of the molecule is CC(C)(C)OC(=O)N1[C@H]([C@H](O)c2cc3c(OCc4ccccc4)cc(C4OCCCO4)cc3n2S(=O)(=O)c2ccccc2)COC1(C)C. The van der Waals surface area contributed by atoms with Gasteiger partial charge in [-0.25, -0.2) is 17.2 Å². The first-order valence-corrected chi connectivity index (χ1v) is 17.4. The van der Waals surface area contributed by atoms with Gasteiger partial charge in [0.25, 0.3) is 10.0 Å². The van der Waals surface area contributed by atoms with Gasteiger partial charge in [-0.3, -0.25) is 4.90 Å². The van der Waals surface area contributed by atoms with Crippen LogP contribution in [0.2, 0.25) is 0 Å². The number of aliphatic hydroxyl groups is 1. The molecule has 0 aliphatic carbocycles. The van der Waals surface area contributed by atoms with Crippen LogP contribution in [0.25, 0.3) is 10.9 Å². The fourth-order valence-corrected chi connectivity index (χ4v) is 7.62. The lowest BCUT2D eigenvalue weighted by atomic mass is 10.1. The Balaban J connectivity index is 1.54. The van der Waals surface area contributed by atoms with Gasteiger partial charge in [0.05, 0.1) is 42.0 Å². The van der Waals surface area contributed by atoms with Crippen molar-refractivity contribution in [3.8, 4) is 5.75 Å². The summed E-state index contributed by atoms with van der Waals surface area (Å²) in [4.78, 5) is 14.9. The highest BCUT2D eigenvalue weighted by Gasteiger charge is 2.50. The largest absolute Gasteiger partial charge is 0.488 e. The molecular weight excluding hydrogens is 636 g/mol. The van der Waals surface area contributed by atoms with Crippen molar-refractivity contribution in [2.45, 2.75) is 82.3 Å². The normalized spacial score (nSPS) is 19.4. The summed E-state index contributed by atoms with van der Waals surface area (Å²) in [7, 11) is -4.31. The number of carbonyl (C=O) groups excluding carboxylic acids is 1. The average Bonchev–Trinajstić information content (AvgIpc) is 3.61. The van der Waals surface area contributed by atoms with E-state index in [0.717, 1.165) is 16.0 Å². The van der Waals surface area contributed by atoms with E-state index in [1.807, 2.05) is 30.3 Å². The second-order valence-electron chi connectivity index (χ2n) is 13.4. The van der Waals surface area contributed by atoms with Crippen molar-refractivity contribution in [3.63, 3.8) is 0 Å². The Labute approximate surface area is 281 Å². The van der Waals surface area contributed by atoms with Gasteiger partial charge in [-0.1, -0.05) is 48.5 Å². The molecule has 11 nitrogen and oxygen atoms in total. The molecule has 2 atom stereocenters. The second kappa shape index (κ2) is 13.2. The number of ether oxygens (including phenoxy) is 5. The molecule has 3 aromatic carbocycles. The van der Waals surface area contributed by atoms with Crippen LogP contribution >= 0.6 is 0 Å². The van der Waals surface area contributed by atoms with Crippen LogP contribution in [0.5, 0.6) is 5.75 Å². The van der Waals surface area contributed by atoms with Gasteiger partial charge in [0.2, 0.25) is 0 Å². The first kappa shape index (κ1) is 33.9. The summed E-state index contributed by atoms with van der Waals surface area (Å²) < 4.78 is 60.2. The van der Waals surface area contributed by atoms with E-state index < -0.39 is 45.9 Å². The van der Waals surface area contributed by atoms with Crippen molar-refractivity contribution in [1.82, 2.24) is 8.87 Å². The van der Waals surface area contributed by atoms with Crippen LogP contribution in [0.3, 0.4) is 0 Å². The number of hydrogen-bond donors (Lipinski definition) is 1. The Morgan fingerprint density at radius 3 is 2.29 bits per heavy atom. The summed E-state index contributed by atoms with van der Waals surface area (Å²) in [5.74, 6) is 0.381. The lowest BCUT2D eigenvalue weighted by molar-refractivity contribution is -0.183. The van der Waals surface area contributed by atoms with Crippen LogP contribution in [0, 0.1) is 0 Å². The van der Waals surface area contributed by atoms with Gasteiger partial charge in [0, 0.05) is 10.9 Å². The van der Waals surface area contributed by atoms with E-state index in [-0.39, 0.29) is 29.3 Å². The number of benzene rings is 3. The molecule has 2 saturated heterocycles. The van der Waals surface area contributed by atoms with Gasteiger partial charge in [-0.2, -0.15) is 0 Å². The van der Waals surface area contributed by atoms with E-state index in [1.54, 1.807) is 71.0 Å². The summed E-state index contributed by atoms with van der Waals surface area (Å²) in [5, 5.41) is 12.6. The number of amides is 1. The zero-order valence-corrected chi connectivity index (χ0v) is 28.6. The Morgan fingerprint density at radius 1 is 1.00 bits per heavy atom. The molecule has 0 bridgehead atoms. The number of aromatic nitrogens is 1. The topological polar surface area (TPSA) is 126 Å². The van der Waals surface area contributed by atoms with Crippen LogP contribution in [-0.2, 0) is 35.6 Å². The van der Waals surface area contributed by atoms with Crippen LogP contribution in [-0.4, -0.2) is 65.7 Å². The lowest BCUT2D eigenvalue weighted by Gasteiger charge is -2.36. The van der Waals surface area contributed by atoms with Crippen molar-refractivity contribution in [3.05, 3.63) is 95.7 Å². The van der Waals surface area contributed by atoms with E-state index in [2.05, 4.69) is 0 Å². The summed E-state index contributed by atoms with van der Waals surface area (Å²) in [6.07, 6.45) is -2.22. The summed E-state index contributed by atoms with van der Waals surface area (Å²) in [5.41, 5.74) is -0.197. The van der Waals surface area contributed by atoms with Crippen LogP contribution in [0.15, 0.2) is 83.8 Å². The Hall–Kier alpha value is -3.94. The smallest absolute Gasteiger partial charge is 0.413 e. The zero-order valence-electron chi connectivity index (χ0n) is 27.8. The molecule has 0 radical (unpaired) electrons. The van der Waals surface area contributed by atoms with Gasteiger partial charge in [0.1, 0.15) is 29.8 Å². The highest BCUT2D eigenvalue weighted by atomic mass is 32.2. The molecule has 2 fully saturated rings. The maximum atomic E-state index is 14.6. The molecule has 0 spiro atoms. The molecule has 1 amide bonds. The predicted octanol–water partition coefficient (Wildman–Crippen LogP) is 6.30. The maximum Gasteiger partial charge on any atom is 0.413 e. The van der Waals surface area contributed by atoms with Crippen LogP contribution in [0.4, 0.5) is 4.79 Å². The van der Waals surface area contributed by atoms with E-state index in [0.29, 0.717) is 29.9 Å². The lowest BCUT2D eigenvalue weighted by Crippen LogP contribution is -2.51. The number of aliphatic hydroxyl groups excluding tert-OH is 1. The highest BCUT2D eigenvalue weighted by Crippen LogP contribution is 2.42. The predicted molar refractivity (Wildman–Crippen MR) is 178 cm³/mol. The second-order valence-corrected chi connectivity index (χ2v) is 15.2. The number of rotatable bonds is 8. The third-order valence-electron chi connectivity index (χ3n) is 8.28. The maximum absolute atomic E-state index is 14.6. The van der Waals surface area contributed by atoms with Crippen molar-refractivity contribution >= 4 is 27.0 Å². The standard InChI is InChI=1S/C36H42N2O9S/c1-35(2,3)47-34(40)37-30(23-46-36(37,4)5)32(39)29-21-27-28(38(29)48(41,42)26-15-10-7-11-16-26)19-25(33-43-17-12-18-44-33)20-31(27)45-22-24-13-8-6-9-14-24/h6-11,13-16,19-21,30,32-33,39H,12,17-18,22-23H2,1-5H3/t30-,32+/m0/s1. The van der Waals surface area contributed by atoms with Crippen LogP contribution in [0.1, 0.15) is 70.3 Å². The molecule has 1 N–H and O–H groups in total. The molecule has 256 valence electrons. The van der Waals surface area contributed by atoms with E-state index in [9.17, 15) is 18.3 Å². The molecule has 2 aliphatic heterocycles. The number of hydrogen-bond acceptors (Lipinski definition) is 9. The van der Waals surface area contributed by atoms with Gasteiger partial charge in [-0.15, -0.1) is 0 Å². The first-order chi connectivity index (χ1) is 22.8. The van der Waals surface area contributed by atoms with Gasteiger partial charge in [0.15, 0.2) is 6.29 Å². The third-order valence-corrected chi connectivity index (χ3v) is 10.0. The van der Waals surface area contributed by atoms with Gasteiger partial charge >= 0.3 is 6.09 Å². The van der Waals surface area contributed by atoms with Crippen LogP contribution < -0.4 is 4.74 Å². The molecule has 2 aliphatic rings. The Morgan fingerprint density at radius 2 is 1.65 bits per heavy atom. The molecule has 3 heterocycles. The fraction of sp³-hybridized carbons (Fsp3) is 0.417. The molecular formula is C36H42N2O9S. The molecule has 12 heteroatoms. The minimum absolute atomic E-state index is 0.0188. The first-order valence-electron chi connectivity index (χ1n) is 16.0. The van der Waals surface area contributed by atoms with Gasteiger partial charge in [-0.05, 0) is 76.9 Å².